The normalized spacial score (nSPS) is 27.4. The van der Waals surface area contributed by atoms with E-state index in [2.05, 4.69) is 4.90 Å². The molecule has 0 aromatic rings. The van der Waals surface area contributed by atoms with Crippen LogP contribution in [0.25, 0.3) is 0 Å². The van der Waals surface area contributed by atoms with Crippen LogP contribution in [-0.4, -0.2) is 59.6 Å². The number of aliphatic carboxylic acids is 1. The Balaban J connectivity index is 1.86. The van der Waals surface area contributed by atoms with E-state index in [1.807, 2.05) is 11.9 Å². The lowest BCUT2D eigenvalue weighted by atomic mass is 9.99. The zero-order valence-corrected chi connectivity index (χ0v) is 12.2. The molecule has 1 saturated carbocycles. The standard InChI is InChI=1S/C15H28N2O2/c1-16(12-15(18)19)14-9-6-10-17(11-14)13-7-4-2-3-5-8-13/h13-14H,2-12H2,1H3,(H,18,19). The minimum absolute atomic E-state index is 0.170. The van der Waals surface area contributed by atoms with Crippen LogP contribution in [0.4, 0.5) is 0 Å². The van der Waals surface area contributed by atoms with Gasteiger partial charge in [-0.25, -0.2) is 0 Å². The molecule has 1 unspecified atom stereocenters. The minimum atomic E-state index is -0.714. The van der Waals surface area contributed by atoms with Gasteiger partial charge < -0.3 is 5.11 Å². The Morgan fingerprint density at radius 1 is 1.16 bits per heavy atom. The summed E-state index contributed by atoms with van der Waals surface area (Å²) in [5, 5.41) is 8.91. The highest BCUT2D eigenvalue weighted by Crippen LogP contribution is 2.25. The van der Waals surface area contributed by atoms with Gasteiger partial charge in [0.25, 0.3) is 0 Å². The molecule has 4 nitrogen and oxygen atoms in total. The van der Waals surface area contributed by atoms with Crippen molar-refractivity contribution in [3.8, 4) is 0 Å². The summed E-state index contributed by atoms with van der Waals surface area (Å²) >= 11 is 0. The van der Waals surface area contributed by atoms with E-state index in [1.54, 1.807) is 0 Å². The van der Waals surface area contributed by atoms with E-state index in [0.717, 1.165) is 19.0 Å². The number of carboxylic acids is 1. The topological polar surface area (TPSA) is 43.8 Å². The summed E-state index contributed by atoms with van der Waals surface area (Å²) in [6.45, 7) is 2.44. The Kier molecular flexibility index (Phi) is 5.64. The maximum Gasteiger partial charge on any atom is 0.317 e. The summed E-state index contributed by atoms with van der Waals surface area (Å²) in [7, 11) is 1.95. The average Bonchev–Trinajstić information content (AvgIpc) is 2.67. The summed E-state index contributed by atoms with van der Waals surface area (Å²) in [5.74, 6) is -0.714. The second-order valence-corrected chi connectivity index (χ2v) is 6.25. The molecule has 1 aliphatic carbocycles. The van der Waals surface area contributed by atoms with Gasteiger partial charge in [0.05, 0.1) is 6.54 Å². The van der Waals surface area contributed by atoms with E-state index in [0.29, 0.717) is 6.04 Å². The molecular formula is C15H28N2O2. The van der Waals surface area contributed by atoms with Crippen LogP contribution in [0.1, 0.15) is 51.4 Å². The molecule has 2 aliphatic rings. The Morgan fingerprint density at radius 2 is 1.84 bits per heavy atom. The van der Waals surface area contributed by atoms with Crippen LogP contribution in [-0.2, 0) is 4.79 Å². The summed E-state index contributed by atoms with van der Waals surface area (Å²) in [5.41, 5.74) is 0. The number of carboxylic acid groups (broad SMARTS) is 1. The van der Waals surface area contributed by atoms with Crippen molar-refractivity contribution in [3.05, 3.63) is 0 Å². The smallest absolute Gasteiger partial charge is 0.317 e. The van der Waals surface area contributed by atoms with Crippen molar-refractivity contribution in [1.29, 1.82) is 0 Å². The number of carbonyl (C=O) groups is 1. The van der Waals surface area contributed by atoms with Gasteiger partial charge in [0.1, 0.15) is 0 Å². The second-order valence-electron chi connectivity index (χ2n) is 6.25. The first kappa shape index (κ1) is 14.8. The van der Waals surface area contributed by atoms with Crippen LogP contribution < -0.4 is 0 Å². The zero-order valence-electron chi connectivity index (χ0n) is 12.2. The predicted molar refractivity (Wildman–Crippen MR) is 76.4 cm³/mol. The molecule has 19 heavy (non-hydrogen) atoms. The number of likely N-dealkylation sites (N-methyl/N-ethyl adjacent to an activating group) is 1. The van der Waals surface area contributed by atoms with Crippen LogP contribution in [0.2, 0.25) is 0 Å². The third kappa shape index (κ3) is 4.46. The Labute approximate surface area is 116 Å². The monoisotopic (exact) mass is 268 g/mol. The van der Waals surface area contributed by atoms with Crippen molar-refractivity contribution < 1.29 is 9.90 Å². The highest BCUT2D eigenvalue weighted by atomic mass is 16.4. The van der Waals surface area contributed by atoms with Crippen molar-refractivity contribution in [3.63, 3.8) is 0 Å². The molecule has 0 aromatic heterocycles. The maximum atomic E-state index is 10.8. The fourth-order valence-corrected chi connectivity index (χ4v) is 3.64. The number of hydrogen-bond donors (Lipinski definition) is 1. The van der Waals surface area contributed by atoms with Crippen LogP contribution in [0.3, 0.4) is 0 Å². The molecule has 0 aromatic carbocycles. The van der Waals surface area contributed by atoms with E-state index in [-0.39, 0.29) is 6.54 Å². The molecular weight excluding hydrogens is 240 g/mol. The Bertz CT molecular complexity index is 288. The van der Waals surface area contributed by atoms with Gasteiger partial charge >= 0.3 is 5.97 Å². The van der Waals surface area contributed by atoms with Gasteiger partial charge in [-0.05, 0) is 39.3 Å². The number of likely N-dealkylation sites (tertiary alicyclic amines) is 1. The third-order valence-corrected chi connectivity index (χ3v) is 4.78. The molecule has 2 rings (SSSR count). The molecule has 1 heterocycles. The third-order valence-electron chi connectivity index (χ3n) is 4.78. The largest absolute Gasteiger partial charge is 0.480 e. The predicted octanol–water partition coefficient (Wildman–Crippen LogP) is 2.19. The van der Waals surface area contributed by atoms with E-state index >= 15 is 0 Å². The SMILES string of the molecule is CN(CC(=O)O)C1CCCN(C2CCCCCC2)C1. The maximum absolute atomic E-state index is 10.8. The highest BCUT2D eigenvalue weighted by Gasteiger charge is 2.28. The molecule has 1 saturated heterocycles. The average molecular weight is 268 g/mol. The van der Waals surface area contributed by atoms with Crippen molar-refractivity contribution in [1.82, 2.24) is 9.80 Å². The van der Waals surface area contributed by atoms with E-state index < -0.39 is 5.97 Å². The molecule has 0 spiro atoms. The molecule has 0 amide bonds. The molecule has 0 bridgehead atoms. The first-order valence-electron chi connectivity index (χ1n) is 7.83. The van der Waals surface area contributed by atoms with Gasteiger partial charge in [-0.3, -0.25) is 14.6 Å². The molecule has 4 heteroatoms. The minimum Gasteiger partial charge on any atom is -0.480 e. The Hall–Kier alpha value is -0.610. The number of nitrogens with zero attached hydrogens (tertiary/aromatic N) is 2. The number of rotatable bonds is 4. The van der Waals surface area contributed by atoms with Crippen LogP contribution in [0.15, 0.2) is 0 Å². The summed E-state index contributed by atoms with van der Waals surface area (Å²) in [6.07, 6.45) is 10.6. The lowest BCUT2D eigenvalue weighted by molar-refractivity contribution is -0.138. The van der Waals surface area contributed by atoms with Gasteiger partial charge in [-0.1, -0.05) is 25.7 Å². The second kappa shape index (κ2) is 7.25. The zero-order chi connectivity index (χ0) is 13.7. The van der Waals surface area contributed by atoms with Gasteiger partial charge in [-0.15, -0.1) is 0 Å². The van der Waals surface area contributed by atoms with Crippen molar-refractivity contribution in [2.75, 3.05) is 26.7 Å². The fourth-order valence-electron chi connectivity index (χ4n) is 3.64. The van der Waals surface area contributed by atoms with Gasteiger partial charge in [0, 0.05) is 18.6 Å². The van der Waals surface area contributed by atoms with E-state index in [9.17, 15) is 4.79 Å². The molecule has 110 valence electrons. The molecule has 1 atom stereocenters. The summed E-state index contributed by atoms with van der Waals surface area (Å²) < 4.78 is 0. The van der Waals surface area contributed by atoms with Crippen molar-refractivity contribution in [2.24, 2.45) is 0 Å². The van der Waals surface area contributed by atoms with Gasteiger partial charge in [0.15, 0.2) is 0 Å². The molecule has 1 N–H and O–H groups in total. The fraction of sp³-hybridized carbons (Fsp3) is 0.933. The van der Waals surface area contributed by atoms with Crippen LogP contribution in [0, 0.1) is 0 Å². The van der Waals surface area contributed by atoms with Crippen molar-refractivity contribution >= 4 is 5.97 Å². The first-order valence-corrected chi connectivity index (χ1v) is 7.83. The van der Waals surface area contributed by atoms with Crippen molar-refractivity contribution in [2.45, 2.75) is 63.5 Å². The Morgan fingerprint density at radius 3 is 2.47 bits per heavy atom. The highest BCUT2D eigenvalue weighted by molar-refractivity contribution is 5.69. The van der Waals surface area contributed by atoms with E-state index in [4.69, 9.17) is 5.11 Å². The molecule has 1 aliphatic heterocycles. The van der Waals surface area contributed by atoms with Crippen LogP contribution >= 0.6 is 0 Å². The quantitative estimate of drug-likeness (QED) is 0.794. The summed E-state index contributed by atoms with van der Waals surface area (Å²) in [4.78, 5) is 15.5. The van der Waals surface area contributed by atoms with Crippen LogP contribution in [0.5, 0.6) is 0 Å². The first-order chi connectivity index (χ1) is 9.16. The summed E-state index contributed by atoms with van der Waals surface area (Å²) in [6, 6.07) is 1.18. The molecule has 0 radical (unpaired) electrons. The molecule has 2 fully saturated rings. The number of piperidine rings is 1. The number of hydrogen-bond acceptors (Lipinski definition) is 3. The van der Waals surface area contributed by atoms with Gasteiger partial charge in [-0.2, -0.15) is 0 Å². The lowest BCUT2D eigenvalue weighted by Gasteiger charge is -2.41. The van der Waals surface area contributed by atoms with E-state index in [1.165, 1.54) is 51.5 Å². The lowest BCUT2D eigenvalue weighted by Crippen LogP contribution is -2.50. The van der Waals surface area contributed by atoms with Gasteiger partial charge in [0.2, 0.25) is 0 Å².